The van der Waals surface area contributed by atoms with Gasteiger partial charge in [-0.2, -0.15) is 0 Å². The quantitative estimate of drug-likeness (QED) is 0.745. The summed E-state index contributed by atoms with van der Waals surface area (Å²) in [5, 5.41) is 0.758. The molecule has 2 aromatic rings. The van der Waals surface area contributed by atoms with Crippen LogP contribution in [0.4, 0.5) is 0 Å². The summed E-state index contributed by atoms with van der Waals surface area (Å²) in [7, 11) is 0. The largest absolute Gasteiger partial charge is 0.363 e. The van der Waals surface area contributed by atoms with Crippen LogP contribution in [0.3, 0.4) is 0 Å². The van der Waals surface area contributed by atoms with Crippen LogP contribution in [-0.2, 0) is 0 Å². The van der Waals surface area contributed by atoms with E-state index >= 15 is 0 Å². The van der Waals surface area contributed by atoms with Crippen molar-refractivity contribution in [2.24, 2.45) is 5.73 Å². The third-order valence-electron chi connectivity index (χ3n) is 1.90. The highest BCUT2D eigenvalue weighted by Gasteiger charge is 2.07. The van der Waals surface area contributed by atoms with E-state index in [2.05, 4.69) is 9.97 Å². The minimum atomic E-state index is -0.774. The summed E-state index contributed by atoms with van der Waals surface area (Å²) in [4.78, 5) is 28.5. The standard InChI is InChI=1S/C9H6ClN3O2/c10-4-1-2-6-5(3-4)9(15)13-8(12-6)7(11)14/h1-3H,(H2,11,14)(H,12,13,15). The van der Waals surface area contributed by atoms with Crippen molar-refractivity contribution in [2.45, 2.75) is 0 Å². The molecule has 0 unspecified atom stereocenters. The number of hydrogen-bond donors (Lipinski definition) is 2. The number of carbonyl (C=O) groups excluding carboxylic acids is 1. The van der Waals surface area contributed by atoms with Crippen LogP contribution in [0.1, 0.15) is 10.6 Å². The molecule has 6 heteroatoms. The average Bonchev–Trinajstić information content (AvgIpc) is 2.18. The highest BCUT2D eigenvalue weighted by molar-refractivity contribution is 6.31. The minimum absolute atomic E-state index is 0.158. The van der Waals surface area contributed by atoms with Crippen LogP contribution < -0.4 is 11.3 Å². The van der Waals surface area contributed by atoms with Gasteiger partial charge in [0.15, 0.2) is 5.82 Å². The maximum atomic E-state index is 11.5. The molecule has 2 rings (SSSR count). The summed E-state index contributed by atoms with van der Waals surface area (Å²) in [6.07, 6.45) is 0. The molecule has 0 bridgehead atoms. The van der Waals surface area contributed by atoms with Crippen LogP contribution in [0.15, 0.2) is 23.0 Å². The van der Waals surface area contributed by atoms with E-state index < -0.39 is 11.5 Å². The molecule has 0 atom stereocenters. The fourth-order valence-corrected chi connectivity index (χ4v) is 1.40. The van der Waals surface area contributed by atoms with Crippen molar-refractivity contribution in [3.05, 3.63) is 39.4 Å². The molecule has 0 spiro atoms. The maximum absolute atomic E-state index is 11.5. The van der Waals surface area contributed by atoms with Gasteiger partial charge in [0.1, 0.15) is 0 Å². The number of nitrogens with zero attached hydrogens (tertiary/aromatic N) is 1. The molecule has 15 heavy (non-hydrogen) atoms. The number of nitrogens with one attached hydrogen (secondary N) is 1. The SMILES string of the molecule is NC(=O)c1nc2ccc(Cl)cc2c(=O)[nH]1. The van der Waals surface area contributed by atoms with Gasteiger partial charge in [-0.1, -0.05) is 11.6 Å². The van der Waals surface area contributed by atoms with Gasteiger partial charge in [0.05, 0.1) is 10.9 Å². The predicted molar refractivity (Wildman–Crippen MR) is 55.9 cm³/mol. The highest BCUT2D eigenvalue weighted by atomic mass is 35.5. The van der Waals surface area contributed by atoms with Gasteiger partial charge in [0.25, 0.3) is 11.5 Å². The van der Waals surface area contributed by atoms with E-state index in [4.69, 9.17) is 17.3 Å². The van der Waals surface area contributed by atoms with E-state index in [1.807, 2.05) is 0 Å². The molecule has 0 aliphatic rings. The third kappa shape index (κ3) is 1.69. The maximum Gasteiger partial charge on any atom is 0.284 e. The third-order valence-corrected chi connectivity index (χ3v) is 2.14. The Morgan fingerprint density at radius 2 is 2.20 bits per heavy atom. The van der Waals surface area contributed by atoms with E-state index in [0.717, 1.165) is 0 Å². The number of hydrogen-bond acceptors (Lipinski definition) is 3. The molecule has 0 aliphatic carbocycles. The molecule has 76 valence electrons. The van der Waals surface area contributed by atoms with Crippen LogP contribution in [-0.4, -0.2) is 15.9 Å². The molecule has 0 radical (unpaired) electrons. The first-order chi connectivity index (χ1) is 7.08. The van der Waals surface area contributed by atoms with Crippen molar-refractivity contribution in [3.8, 4) is 0 Å². The molecule has 0 saturated carbocycles. The number of rotatable bonds is 1. The van der Waals surface area contributed by atoms with E-state index in [0.29, 0.717) is 15.9 Å². The van der Waals surface area contributed by atoms with E-state index in [-0.39, 0.29) is 5.82 Å². The Morgan fingerprint density at radius 1 is 1.47 bits per heavy atom. The molecule has 1 aromatic carbocycles. The molecule has 5 nitrogen and oxygen atoms in total. The Bertz CT molecular complexity index is 606. The lowest BCUT2D eigenvalue weighted by Gasteiger charge is -1.99. The zero-order valence-electron chi connectivity index (χ0n) is 7.45. The molecule has 3 N–H and O–H groups in total. The molecule has 0 aliphatic heterocycles. The molecule has 0 saturated heterocycles. The lowest BCUT2D eigenvalue weighted by molar-refractivity contribution is 0.0990. The second kappa shape index (κ2) is 3.36. The summed E-state index contributed by atoms with van der Waals surface area (Å²) in [5.74, 6) is -0.932. The number of halogens is 1. The first-order valence-corrected chi connectivity index (χ1v) is 4.45. The summed E-state index contributed by atoms with van der Waals surface area (Å²) in [5.41, 5.74) is 4.96. The second-order valence-electron chi connectivity index (χ2n) is 2.94. The number of aromatic amines is 1. The van der Waals surface area contributed by atoms with Crippen LogP contribution in [0, 0.1) is 0 Å². The average molecular weight is 224 g/mol. The number of fused-ring (bicyclic) bond motifs is 1. The number of aromatic nitrogens is 2. The zero-order chi connectivity index (χ0) is 11.0. The minimum Gasteiger partial charge on any atom is -0.363 e. The fraction of sp³-hybridized carbons (Fsp3) is 0. The Labute approximate surface area is 88.9 Å². The lowest BCUT2D eigenvalue weighted by Crippen LogP contribution is -2.21. The lowest BCUT2D eigenvalue weighted by atomic mass is 10.2. The van der Waals surface area contributed by atoms with Gasteiger partial charge in [-0.25, -0.2) is 4.98 Å². The van der Waals surface area contributed by atoms with Gasteiger partial charge in [-0.3, -0.25) is 9.59 Å². The Balaban J connectivity index is 2.84. The van der Waals surface area contributed by atoms with Crippen LogP contribution in [0.2, 0.25) is 5.02 Å². The number of nitrogens with two attached hydrogens (primary N) is 1. The van der Waals surface area contributed by atoms with Gasteiger partial charge in [0, 0.05) is 5.02 Å². The van der Waals surface area contributed by atoms with Gasteiger partial charge >= 0.3 is 0 Å². The number of H-pyrrole nitrogens is 1. The van der Waals surface area contributed by atoms with Gasteiger partial charge in [-0.15, -0.1) is 0 Å². The first kappa shape index (κ1) is 9.67. The van der Waals surface area contributed by atoms with Crippen molar-refractivity contribution < 1.29 is 4.79 Å². The predicted octanol–water partition coefficient (Wildman–Crippen LogP) is 0.675. The van der Waals surface area contributed by atoms with E-state index in [1.54, 1.807) is 12.1 Å². The Morgan fingerprint density at radius 3 is 2.87 bits per heavy atom. The fourth-order valence-electron chi connectivity index (χ4n) is 1.23. The molecular formula is C9H6ClN3O2. The molecule has 1 amide bonds. The number of amides is 1. The zero-order valence-corrected chi connectivity index (χ0v) is 8.21. The topological polar surface area (TPSA) is 88.8 Å². The monoisotopic (exact) mass is 223 g/mol. The summed E-state index contributed by atoms with van der Waals surface area (Å²) >= 11 is 5.72. The molecule has 1 aromatic heterocycles. The van der Waals surface area contributed by atoms with Crippen molar-refractivity contribution in [1.82, 2.24) is 9.97 Å². The van der Waals surface area contributed by atoms with Crippen molar-refractivity contribution in [2.75, 3.05) is 0 Å². The van der Waals surface area contributed by atoms with Crippen LogP contribution >= 0.6 is 11.6 Å². The van der Waals surface area contributed by atoms with Crippen molar-refractivity contribution in [3.63, 3.8) is 0 Å². The highest BCUT2D eigenvalue weighted by Crippen LogP contribution is 2.14. The van der Waals surface area contributed by atoms with E-state index in [1.165, 1.54) is 6.07 Å². The van der Waals surface area contributed by atoms with E-state index in [9.17, 15) is 9.59 Å². The van der Waals surface area contributed by atoms with Crippen molar-refractivity contribution in [1.29, 1.82) is 0 Å². The Hall–Kier alpha value is -1.88. The molecular weight excluding hydrogens is 218 g/mol. The number of benzene rings is 1. The first-order valence-electron chi connectivity index (χ1n) is 4.07. The molecule has 0 fully saturated rings. The van der Waals surface area contributed by atoms with Crippen LogP contribution in [0.5, 0.6) is 0 Å². The summed E-state index contributed by atoms with van der Waals surface area (Å²) in [6.45, 7) is 0. The van der Waals surface area contributed by atoms with Gasteiger partial charge in [-0.05, 0) is 18.2 Å². The van der Waals surface area contributed by atoms with Crippen LogP contribution in [0.25, 0.3) is 10.9 Å². The van der Waals surface area contributed by atoms with Crippen molar-refractivity contribution >= 4 is 28.4 Å². The summed E-state index contributed by atoms with van der Waals surface area (Å²) in [6, 6.07) is 4.62. The number of carbonyl (C=O) groups is 1. The normalized spacial score (nSPS) is 10.5. The Kier molecular flexibility index (Phi) is 2.17. The second-order valence-corrected chi connectivity index (χ2v) is 3.38. The van der Waals surface area contributed by atoms with Gasteiger partial charge in [0.2, 0.25) is 0 Å². The smallest absolute Gasteiger partial charge is 0.284 e. The molecule has 1 heterocycles. The van der Waals surface area contributed by atoms with Gasteiger partial charge < -0.3 is 10.7 Å². The summed E-state index contributed by atoms with van der Waals surface area (Å²) < 4.78 is 0. The number of primary amides is 1.